The van der Waals surface area contributed by atoms with Crippen LogP contribution in [0.4, 0.5) is 0 Å². The summed E-state index contributed by atoms with van der Waals surface area (Å²) in [5.41, 5.74) is 4.73. The standard InChI is InChI=1S/C13H18BrN3OS/c1-9(8-18-3)15-13(19)17-16-10(2)11-5-4-6-12(14)7-11/h4-7,9H,8H2,1-3H3,(H2,15,17,19)/b16-10-/t9-/m1/s1. The Hall–Kier alpha value is -0.980. The van der Waals surface area contributed by atoms with Crippen LogP contribution in [0, 0.1) is 0 Å². The molecular formula is C13H18BrN3OS. The fourth-order valence-electron chi connectivity index (χ4n) is 1.46. The lowest BCUT2D eigenvalue weighted by Gasteiger charge is -2.14. The predicted molar refractivity (Wildman–Crippen MR) is 86.6 cm³/mol. The summed E-state index contributed by atoms with van der Waals surface area (Å²) in [4.78, 5) is 0. The Bertz CT molecular complexity index is 465. The quantitative estimate of drug-likeness (QED) is 0.490. The molecule has 1 rings (SSSR count). The third kappa shape index (κ3) is 6.13. The van der Waals surface area contributed by atoms with Crippen LogP contribution >= 0.6 is 28.1 Å². The zero-order chi connectivity index (χ0) is 14.3. The van der Waals surface area contributed by atoms with Crippen LogP contribution in [-0.2, 0) is 4.74 Å². The summed E-state index contributed by atoms with van der Waals surface area (Å²) in [6.07, 6.45) is 0. The van der Waals surface area contributed by atoms with Crippen LogP contribution in [0.1, 0.15) is 19.4 Å². The summed E-state index contributed by atoms with van der Waals surface area (Å²) in [5.74, 6) is 0. The Morgan fingerprint density at radius 1 is 1.53 bits per heavy atom. The number of hydrogen-bond acceptors (Lipinski definition) is 3. The van der Waals surface area contributed by atoms with Crippen LogP contribution in [0.15, 0.2) is 33.8 Å². The van der Waals surface area contributed by atoms with Gasteiger partial charge in [-0.2, -0.15) is 5.10 Å². The highest BCUT2D eigenvalue weighted by molar-refractivity contribution is 9.10. The molecule has 0 spiro atoms. The van der Waals surface area contributed by atoms with Gasteiger partial charge in [0.1, 0.15) is 0 Å². The Morgan fingerprint density at radius 2 is 2.26 bits per heavy atom. The lowest BCUT2D eigenvalue weighted by Crippen LogP contribution is -2.40. The maximum Gasteiger partial charge on any atom is 0.187 e. The summed E-state index contributed by atoms with van der Waals surface area (Å²) in [5, 5.41) is 7.81. The minimum atomic E-state index is 0.145. The molecule has 1 aromatic carbocycles. The van der Waals surface area contributed by atoms with E-state index >= 15 is 0 Å². The van der Waals surface area contributed by atoms with Gasteiger partial charge in [-0.25, -0.2) is 0 Å². The summed E-state index contributed by atoms with van der Waals surface area (Å²) in [7, 11) is 1.66. The van der Waals surface area contributed by atoms with Gasteiger partial charge >= 0.3 is 0 Å². The predicted octanol–water partition coefficient (Wildman–Crippen LogP) is 2.67. The molecule has 0 saturated heterocycles. The van der Waals surface area contributed by atoms with E-state index in [1.165, 1.54) is 0 Å². The van der Waals surface area contributed by atoms with Gasteiger partial charge in [-0.3, -0.25) is 5.43 Å². The van der Waals surface area contributed by atoms with Crippen LogP contribution in [0.3, 0.4) is 0 Å². The molecule has 104 valence electrons. The van der Waals surface area contributed by atoms with Gasteiger partial charge in [-0.05, 0) is 43.8 Å². The van der Waals surface area contributed by atoms with Crippen molar-refractivity contribution in [1.29, 1.82) is 0 Å². The summed E-state index contributed by atoms with van der Waals surface area (Å²) in [6.45, 7) is 4.51. The molecule has 0 amide bonds. The molecule has 0 aliphatic heterocycles. The molecule has 0 aromatic heterocycles. The molecule has 0 unspecified atom stereocenters. The minimum absolute atomic E-state index is 0.145. The number of hydrazone groups is 1. The van der Waals surface area contributed by atoms with Gasteiger partial charge in [-0.15, -0.1) is 0 Å². The molecule has 0 bridgehead atoms. The molecule has 6 heteroatoms. The lowest BCUT2D eigenvalue weighted by atomic mass is 10.1. The van der Waals surface area contributed by atoms with E-state index in [1.54, 1.807) is 7.11 Å². The molecule has 0 saturated carbocycles. The number of benzene rings is 1. The topological polar surface area (TPSA) is 45.6 Å². The van der Waals surface area contributed by atoms with Crippen molar-refractivity contribution in [3.8, 4) is 0 Å². The zero-order valence-corrected chi connectivity index (χ0v) is 13.6. The zero-order valence-electron chi connectivity index (χ0n) is 11.2. The number of ether oxygens (including phenoxy) is 1. The Kier molecular flexibility index (Phi) is 6.97. The Labute approximate surface area is 127 Å². The van der Waals surface area contributed by atoms with Crippen LogP contribution in [0.2, 0.25) is 0 Å². The summed E-state index contributed by atoms with van der Waals surface area (Å²) in [6, 6.07) is 8.09. The second kappa shape index (κ2) is 8.24. The van der Waals surface area contributed by atoms with Gasteiger partial charge < -0.3 is 10.1 Å². The Balaban J connectivity index is 2.54. The first-order chi connectivity index (χ1) is 9.02. The monoisotopic (exact) mass is 343 g/mol. The number of halogens is 1. The molecule has 19 heavy (non-hydrogen) atoms. The van der Waals surface area contributed by atoms with Crippen molar-refractivity contribution in [3.05, 3.63) is 34.3 Å². The maximum absolute atomic E-state index is 5.14. The van der Waals surface area contributed by atoms with Gasteiger partial charge in [0.05, 0.1) is 12.3 Å². The molecule has 0 aliphatic carbocycles. The van der Waals surface area contributed by atoms with Crippen LogP contribution in [0.5, 0.6) is 0 Å². The van der Waals surface area contributed by atoms with Crippen LogP contribution in [0.25, 0.3) is 0 Å². The van der Waals surface area contributed by atoms with Crippen molar-refractivity contribution in [2.75, 3.05) is 13.7 Å². The smallest absolute Gasteiger partial charge is 0.187 e. The number of nitrogens with zero attached hydrogens (tertiary/aromatic N) is 1. The number of rotatable bonds is 5. The highest BCUT2D eigenvalue weighted by Gasteiger charge is 2.03. The minimum Gasteiger partial charge on any atom is -0.383 e. The van der Waals surface area contributed by atoms with Gasteiger partial charge in [0, 0.05) is 17.6 Å². The van der Waals surface area contributed by atoms with Crippen molar-refractivity contribution in [2.45, 2.75) is 19.9 Å². The van der Waals surface area contributed by atoms with Crippen LogP contribution < -0.4 is 10.7 Å². The average molecular weight is 344 g/mol. The van der Waals surface area contributed by atoms with E-state index in [2.05, 4.69) is 31.8 Å². The summed E-state index contributed by atoms with van der Waals surface area (Å²) < 4.78 is 6.04. The third-order valence-electron chi connectivity index (χ3n) is 2.36. The molecule has 0 aliphatic rings. The highest BCUT2D eigenvalue weighted by atomic mass is 79.9. The number of methoxy groups -OCH3 is 1. The molecule has 4 nitrogen and oxygen atoms in total. The summed E-state index contributed by atoms with van der Waals surface area (Å²) >= 11 is 8.58. The SMILES string of the molecule is COC[C@@H](C)NC(=S)N/N=C(/C)c1cccc(Br)c1. The van der Waals surface area contributed by atoms with E-state index in [9.17, 15) is 0 Å². The number of hydrogen-bond donors (Lipinski definition) is 2. The van der Waals surface area contributed by atoms with E-state index in [4.69, 9.17) is 17.0 Å². The maximum atomic E-state index is 5.14. The van der Waals surface area contributed by atoms with E-state index in [-0.39, 0.29) is 6.04 Å². The fourth-order valence-corrected chi connectivity index (χ4v) is 2.11. The van der Waals surface area contributed by atoms with Crippen molar-refractivity contribution >= 4 is 39.0 Å². The number of nitrogens with one attached hydrogen (secondary N) is 2. The van der Waals surface area contributed by atoms with Gasteiger partial charge in [0.25, 0.3) is 0 Å². The van der Waals surface area contributed by atoms with E-state index in [0.717, 1.165) is 15.7 Å². The number of thiocarbonyl (C=S) groups is 1. The lowest BCUT2D eigenvalue weighted by molar-refractivity contribution is 0.179. The molecule has 1 aromatic rings. The molecule has 1 atom stereocenters. The molecule has 0 radical (unpaired) electrons. The second-order valence-electron chi connectivity index (χ2n) is 4.15. The van der Waals surface area contributed by atoms with E-state index < -0.39 is 0 Å². The van der Waals surface area contributed by atoms with Crippen molar-refractivity contribution in [2.24, 2.45) is 5.10 Å². The molecule has 0 heterocycles. The van der Waals surface area contributed by atoms with Crippen molar-refractivity contribution < 1.29 is 4.74 Å². The molecular weight excluding hydrogens is 326 g/mol. The van der Waals surface area contributed by atoms with E-state index in [1.807, 2.05) is 38.1 Å². The second-order valence-corrected chi connectivity index (χ2v) is 5.47. The van der Waals surface area contributed by atoms with Crippen molar-refractivity contribution in [3.63, 3.8) is 0 Å². The normalized spacial score (nSPS) is 12.9. The first-order valence-electron chi connectivity index (χ1n) is 5.88. The fraction of sp³-hybridized carbons (Fsp3) is 0.385. The van der Waals surface area contributed by atoms with E-state index in [0.29, 0.717) is 11.7 Å². The van der Waals surface area contributed by atoms with Crippen molar-refractivity contribution in [1.82, 2.24) is 10.7 Å². The van der Waals surface area contributed by atoms with Crippen LogP contribution in [-0.4, -0.2) is 30.6 Å². The van der Waals surface area contributed by atoms with Gasteiger partial charge in [0.2, 0.25) is 0 Å². The largest absolute Gasteiger partial charge is 0.383 e. The first-order valence-corrected chi connectivity index (χ1v) is 7.08. The third-order valence-corrected chi connectivity index (χ3v) is 3.06. The Morgan fingerprint density at radius 3 is 2.89 bits per heavy atom. The first kappa shape index (κ1) is 16.1. The molecule has 0 fully saturated rings. The average Bonchev–Trinajstić information content (AvgIpc) is 2.36. The highest BCUT2D eigenvalue weighted by Crippen LogP contribution is 2.12. The molecule has 2 N–H and O–H groups in total. The van der Waals surface area contributed by atoms with Gasteiger partial charge in [-0.1, -0.05) is 28.1 Å². The van der Waals surface area contributed by atoms with Gasteiger partial charge in [0.15, 0.2) is 5.11 Å².